The number of furan rings is 1. The summed E-state index contributed by atoms with van der Waals surface area (Å²) in [4.78, 5) is 26.3. The number of nitrogens with one attached hydrogen (secondary N) is 1. The average molecular weight is 366 g/mol. The summed E-state index contributed by atoms with van der Waals surface area (Å²) in [6, 6.07) is 6.05. The Hall–Kier alpha value is -2.77. The van der Waals surface area contributed by atoms with Crippen LogP contribution in [0, 0.1) is 5.92 Å². The number of likely N-dealkylation sites (tertiary alicyclic amines) is 1. The third-order valence-electron chi connectivity index (χ3n) is 4.30. The van der Waals surface area contributed by atoms with Crippen LogP contribution in [0.4, 0.5) is 18.9 Å². The molecule has 1 aliphatic heterocycles. The number of anilines is 1. The van der Waals surface area contributed by atoms with E-state index in [9.17, 15) is 22.8 Å². The second-order valence-electron chi connectivity index (χ2n) is 6.17. The molecule has 2 amide bonds. The van der Waals surface area contributed by atoms with Gasteiger partial charge in [-0.3, -0.25) is 9.59 Å². The summed E-state index contributed by atoms with van der Waals surface area (Å²) < 4.78 is 43.2. The third-order valence-corrected chi connectivity index (χ3v) is 4.30. The average Bonchev–Trinajstić information content (AvgIpc) is 3.15. The lowest BCUT2D eigenvalue weighted by atomic mass is 9.96. The topological polar surface area (TPSA) is 62.6 Å². The molecule has 0 radical (unpaired) electrons. The number of halogens is 3. The van der Waals surface area contributed by atoms with Gasteiger partial charge in [-0.2, -0.15) is 13.2 Å². The fourth-order valence-corrected chi connectivity index (χ4v) is 2.96. The first-order valence-corrected chi connectivity index (χ1v) is 8.14. The van der Waals surface area contributed by atoms with Gasteiger partial charge in [0.2, 0.25) is 5.91 Å². The van der Waals surface area contributed by atoms with Crippen molar-refractivity contribution in [2.75, 3.05) is 18.4 Å². The van der Waals surface area contributed by atoms with Gasteiger partial charge in [0.15, 0.2) is 0 Å². The van der Waals surface area contributed by atoms with Gasteiger partial charge in [-0.05, 0) is 37.1 Å². The maximum atomic E-state index is 12.8. The van der Waals surface area contributed by atoms with Crippen molar-refractivity contribution in [1.29, 1.82) is 0 Å². The van der Waals surface area contributed by atoms with E-state index in [0.717, 1.165) is 12.1 Å². The minimum atomic E-state index is -4.47. The molecule has 1 aromatic heterocycles. The zero-order chi connectivity index (χ0) is 18.7. The number of hydrogen-bond acceptors (Lipinski definition) is 3. The van der Waals surface area contributed by atoms with Crippen molar-refractivity contribution in [3.05, 3.63) is 54.0 Å². The molecule has 0 bridgehead atoms. The van der Waals surface area contributed by atoms with E-state index >= 15 is 0 Å². The highest BCUT2D eigenvalue weighted by atomic mass is 19.4. The molecule has 0 saturated carbocycles. The molecule has 0 unspecified atom stereocenters. The third kappa shape index (κ3) is 4.07. The molecular weight excluding hydrogens is 349 g/mol. The molecule has 3 rings (SSSR count). The van der Waals surface area contributed by atoms with Crippen LogP contribution in [-0.4, -0.2) is 29.8 Å². The fourth-order valence-electron chi connectivity index (χ4n) is 2.96. The van der Waals surface area contributed by atoms with Crippen LogP contribution in [0.3, 0.4) is 0 Å². The quantitative estimate of drug-likeness (QED) is 0.899. The lowest BCUT2D eigenvalue weighted by Crippen LogP contribution is -2.43. The molecule has 1 aromatic carbocycles. The molecule has 1 aliphatic rings. The summed E-state index contributed by atoms with van der Waals surface area (Å²) in [5.74, 6) is -1.10. The number of piperidine rings is 1. The maximum Gasteiger partial charge on any atom is 0.416 e. The Bertz CT molecular complexity index is 787. The monoisotopic (exact) mass is 366 g/mol. The fraction of sp³-hybridized carbons (Fsp3) is 0.333. The molecule has 1 atom stereocenters. The molecule has 2 heterocycles. The van der Waals surface area contributed by atoms with Gasteiger partial charge < -0.3 is 14.6 Å². The SMILES string of the molecule is O=C(Nc1cccc(C(F)(F)F)c1)[C@@H]1CCCN(C(=O)c2ccoc2)C1. The van der Waals surface area contributed by atoms with Crippen molar-refractivity contribution in [2.24, 2.45) is 5.92 Å². The Morgan fingerprint density at radius 2 is 2.04 bits per heavy atom. The smallest absolute Gasteiger partial charge is 0.416 e. The first kappa shape index (κ1) is 18.0. The van der Waals surface area contributed by atoms with Crippen LogP contribution in [0.5, 0.6) is 0 Å². The Balaban J connectivity index is 1.65. The van der Waals surface area contributed by atoms with Gasteiger partial charge in [0.25, 0.3) is 5.91 Å². The van der Waals surface area contributed by atoms with E-state index in [1.165, 1.54) is 24.7 Å². The second kappa shape index (κ2) is 7.23. The Labute approximate surface area is 147 Å². The number of nitrogens with zero attached hydrogens (tertiary/aromatic N) is 1. The Morgan fingerprint density at radius 3 is 2.73 bits per heavy atom. The van der Waals surface area contributed by atoms with Gasteiger partial charge in [0.05, 0.1) is 23.3 Å². The molecule has 1 fully saturated rings. The lowest BCUT2D eigenvalue weighted by molar-refractivity contribution is -0.137. The molecule has 5 nitrogen and oxygen atoms in total. The normalized spacial score (nSPS) is 17.8. The van der Waals surface area contributed by atoms with Crippen LogP contribution in [0.1, 0.15) is 28.8 Å². The van der Waals surface area contributed by atoms with Crippen LogP contribution < -0.4 is 5.32 Å². The van der Waals surface area contributed by atoms with Crippen molar-refractivity contribution in [2.45, 2.75) is 19.0 Å². The number of benzene rings is 1. The van der Waals surface area contributed by atoms with Crippen molar-refractivity contribution in [1.82, 2.24) is 4.90 Å². The first-order valence-electron chi connectivity index (χ1n) is 8.14. The highest BCUT2D eigenvalue weighted by molar-refractivity contribution is 5.96. The summed E-state index contributed by atoms with van der Waals surface area (Å²) in [6.07, 6.45) is -0.521. The molecule has 1 N–H and O–H groups in total. The number of rotatable bonds is 3. The van der Waals surface area contributed by atoms with Crippen molar-refractivity contribution in [3.63, 3.8) is 0 Å². The van der Waals surface area contributed by atoms with Gasteiger partial charge in [-0.1, -0.05) is 6.07 Å². The first-order chi connectivity index (χ1) is 12.3. The molecule has 138 valence electrons. The minimum absolute atomic E-state index is 0.0862. The van der Waals surface area contributed by atoms with Gasteiger partial charge in [-0.15, -0.1) is 0 Å². The maximum absolute atomic E-state index is 12.8. The molecule has 2 aromatic rings. The van der Waals surface area contributed by atoms with Gasteiger partial charge in [0.1, 0.15) is 6.26 Å². The summed E-state index contributed by atoms with van der Waals surface area (Å²) in [7, 11) is 0. The van der Waals surface area contributed by atoms with Gasteiger partial charge in [0, 0.05) is 18.8 Å². The van der Waals surface area contributed by atoms with Crippen LogP contribution >= 0.6 is 0 Å². The molecular formula is C18H17F3N2O3. The predicted molar refractivity (Wildman–Crippen MR) is 87.4 cm³/mol. The number of hydrogen-bond donors (Lipinski definition) is 1. The van der Waals surface area contributed by atoms with Crippen molar-refractivity contribution >= 4 is 17.5 Å². The molecule has 26 heavy (non-hydrogen) atoms. The molecule has 1 saturated heterocycles. The van der Waals surface area contributed by atoms with E-state index in [1.54, 1.807) is 11.0 Å². The largest absolute Gasteiger partial charge is 0.472 e. The van der Waals surface area contributed by atoms with Gasteiger partial charge in [-0.25, -0.2) is 0 Å². The van der Waals surface area contributed by atoms with Crippen molar-refractivity contribution < 1.29 is 27.2 Å². The number of amides is 2. The van der Waals surface area contributed by atoms with E-state index < -0.39 is 23.6 Å². The van der Waals surface area contributed by atoms with Crippen molar-refractivity contribution in [3.8, 4) is 0 Å². The summed E-state index contributed by atoms with van der Waals surface area (Å²) in [5, 5.41) is 2.52. The van der Waals surface area contributed by atoms with Crippen LogP contribution in [0.15, 0.2) is 47.3 Å². The number of alkyl halides is 3. The van der Waals surface area contributed by atoms with E-state index in [0.29, 0.717) is 24.9 Å². The number of carbonyl (C=O) groups excluding carboxylic acids is 2. The highest BCUT2D eigenvalue weighted by Crippen LogP contribution is 2.31. The summed E-state index contributed by atoms with van der Waals surface area (Å²) >= 11 is 0. The van der Waals surface area contributed by atoms with E-state index in [1.807, 2.05) is 0 Å². The van der Waals surface area contributed by atoms with E-state index in [-0.39, 0.29) is 18.1 Å². The standard InChI is InChI=1S/C18H17F3N2O3/c19-18(20,21)14-4-1-5-15(9-14)22-16(24)12-3-2-7-23(10-12)17(25)13-6-8-26-11-13/h1,4-6,8-9,11-12H,2-3,7,10H2,(H,22,24)/t12-/m1/s1. The molecule has 0 spiro atoms. The van der Waals surface area contributed by atoms with Crippen LogP contribution in [-0.2, 0) is 11.0 Å². The van der Waals surface area contributed by atoms with E-state index in [2.05, 4.69) is 5.32 Å². The van der Waals surface area contributed by atoms with Gasteiger partial charge >= 0.3 is 6.18 Å². The lowest BCUT2D eigenvalue weighted by Gasteiger charge is -2.31. The zero-order valence-electron chi connectivity index (χ0n) is 13.8. The minimum Gasteiger partial charge on any atom is -0.472 e. The predicted octanol–water partition coefficient (Wildman–Crippen LogP) is 3.79. The summed E-state index contributed by atoms with van der Waals surface area (Å²) in [6.45, 7) is 0.742. The van der Waals surface area contributed by atoms with Crippen LogP contribution in [0.2, 0.25) is 0 Å². The summed E-state index contributed by atoms with van der Waals surface area (Å²) in [5.41, 5.74) is -0.331. The highest BCUT2D eigenvalue weighted by Gasteiger charge is 2.32. The Kier molecular flexibility index (Phi) is 5.01. The Morgan fingerprint density at radius 1 is 1.23 bits per heavy atom. The second-order valence-corrected chi connectivity index (χ2v) is 6.17. The number of carbonyl (C=O) groups is 2. The molecule has 8 heteroatoms. The van der Waals surface area contributed by atoms with Crippen LogP contribution in [0.25, 0.3) is 0 Å². The van der Waals surface area contributed by atoms with E-state index in [4.69, 9.17) is 4.42 Å². The molecule has 0 aliphatic carbocycles. The zero-order valence-corrected chi connectivity index (χ0v) is 13.8.